The summed E-state index contributed by atoms with van der Waals surface area (Å²) in [6.07, 6.45) is 4.09. The van der Waals surface area contributed by atoms with E-state index in [0.717, 1.165) is 5.70 Å². The molecule has 1 unspecified atom stereocenters. The Hall–Kier alpha value is 0.638. The summed E-state index contributed by atoms with van der Waals surface area (Å²) in [7, 11) is 0. The maximum absolute atomic E-state index is 4.05. The van der Waals surface area contributed by atoms with Crippen LogP contribution in [-0.4, -0.2) is 6.21 Å². The van der Waals surface area contributed by atoms with Crippen LogP contribution in [0.3, 0.4) is 0 Å². The fourth-order valence-electron chi connectivity index (χ4n) is 0.702. The van der Waals surface area contributed by atoms with Gasteiger partial charge in [0.25, 0.3) is 0 Å². The van der Waals surface area contributed by atoms with Gasteiger partial charge >= 0.3 is 21.1 Å². The van der Waals surface area contributed by atoms with Crippen LogP contribution in [0.2, 0.25) is 0 Å². The molecule has 1 rings (SSSR count). The molecule has 0 saturated carbocycles. The summed E-state index contributed by atoms with van der Waals surface area (Å²) in [6.45, 7) is 4.14. The monoisotopic (exact) mass is 377 g/mol. The summed E-state index contributed by atoms with van der Waals surface area (Å²) < 4.78 is 0. The van der Waals surface area contributed by atoms with Crippen LogP contribution in [0.1, 0.15) is 13.8 Å². The maximum Gasteiger partial charge on any atom is 2.00 e. The Morgan fingerprint density at radius 2 is 1.82 bits per heavy atom. The SMILES string of the molecule is CC1=CC(C)C=N1.N.[Cl-].[Cl-].[Pt+2]. The largest absolute Gasteiger partial charge is 2.00 e. The Bertz CT molecular complexity index is 137. The molecule has 11 heavy (non-hydrogen) atoms. The molecule has 1 aliphatic rings. The Balaban J connectivity index is -0.0000000612. The van der Waals surface area contributed by atoms with Crippen LogP contribution in [-0.2, 0) is 21.1 Å². The van der Waals surface area contributed by atoms with Gasteiger partial charge in [-0.1, -0.05) is 13.0 Å². The molecule has 0 aromatic heterocycles. The topological polar surface area (TPSA) is 47.4 Å². The van der Waals surface area contributed by atoms with Gasteiger partial charge in [0.05, 0.1) is 0 Å². The zero-order chi connectivity index (χ0) is 5.28. The number of rotatable bonds is 0. The Morgan fingerprint density at radius 3 is 1.91 bits per heavy atom. The van der Waals surface area contributed by atoms with Crippen LogP contribution in [0.25, 0.3) is 0 Å². The number of nitrogens with zero attached hydrogens (tertiary/aromatic N) is 1. The molecule has 3 N–H and O–H groups in total. The number of aliphatic imine (C=N–C) groups is 1. The second kappa shape index (κ2) is 10.6. The van der Waals surface area contributed by atoms with Crippen molar-refractivity contribution in [2.45, 2.75) is 13.8 Å². The first-order valence-electron chi connectivity index (χ1n) is 2.51. The predicted octanol–water partition coefficient (Wildman–Crippen LogP) is -4.22. The Morgan fingerprint density at radius 1 is 1.36 bits per heavy atom. The molecule has 70 valence electrons. The molecule has 0 spiro atoms. The standard InChI is InChI=1S/C6H9N.2ClH.H3N.Pt/c1-5-3-6(2)7-4-5;;;;/h3-5H,1-2H3;2*1H;1H3;/q;;;;+2/p-2. The van der Waals surface area contributed by atoms with E-state index in [2.05, 4.69) is 18.0 Å². The van der Waals surface area contributed by atoms with E-state index in [9.17, 15) is 0 Å². The van der Waals surface area contributed by atoms with E-state index < -0.39 is 0 Å². The molecule has 0 fully saturated rings. The van der Waals surface area contributed by atoms with Crippen molar-refractivity contribution in [3.05, 3.63) is 11.8 Å². The zero-order valence-electron chi connectivity index (χ0n) is 6.46. The average Bonchev–Trinajstić information content (AvgIpc) is 1.87. The maximum atomic E-state index is 4.05. The zero-order valence-corrected chi connectivity index (χ0v) is 10.2. The van der Waals surface area contributed by atoms with E-state index in [4.69, 9.17) is 0 Å². The van der Waals surface area contributed by atoms with E-state index >= 15 is 0 Å². The quantitative estimate of drug-likeness (QED) is 0.457. The molecular formula is C6H12Cl2N2Pt. The fraction of sp³-hybridized carbons (Fsp3) is 0.500. The van der Waals surface area contributed by atoms with Gasteiger partial charge in [0.1, 0.15) is 0 Å². The molecule has 0 bridgehead atoms. The molecule has 0 radical (unpaired) electrons. The third-order valence-electron chi connectivity index (χ3n) is 1.02. The Labute approximate surface area is 94.6 Å². The molecule has 1 heterocycles. The van der Waals surface area contributed by atoms with Crippen LogP contribution in [0, 0.1) is 5.92 Å². The van der Waals surface area contributed by atoms with Crippen LogP contribution < -0.4 is 31.0 Å². The molecule has 0 aromatic carbocycles. The second-order valence-electron chi connectivity index (χ2n) is 1.95. The molecular weight excluding hydrogens is 366 g/mol. The van der Waals surface area contributed by atoms with E-state index in [1.807, 2.05) is 13.1 Å². The van der Waals surface area contributed by atoms with Crippen LogP contribution in [0.5, 0.6) is 0 Å². The van der Waals surface area contributed by atoms with Gasteiger partial charge in [-0.05, 0) is 6.92 Å². The van der Waals surface area contributed by atoms with Gasteiger partial charge in [0.15, 0.2) is 0 Å². The molecule has 0 aromatic rings. The van der Waals surface area contributed by atoms with Crippen molar-refractivity contribution in [2.24, 2.45) is 10.9 Å². The van der Waals surface area contributed by atoms with Crippen molar-refractivity contribution in [2.75, 3.05) is 0 Å². The molecule has 5 heteroatoms. The van der Waals surface area contributed by atoms with Crippen LogP contribution in [0.15, 0.2) is 16.8 Å². The normalized spacial score (nSPS) is 18.0. The van der Waals surface area contributed by atoms with Gasteiger partial charge < -0.3 is 31.0 Å². The van der Waals surface area contributed by atoms with Gasteiger partial charge in [0.2, 0.25) is 0 Å². The molecule has 0 amide bonds. The van der Waals surface area contributed by atoms with Gasteiger partial charge in [-0.15, -0.1) is 0 Å². The number of hydrogen-bond donors (Lipinski definition) is 1. The predicted molar refractivity (Wildman–Crippen MR) is 36.4 cm³/mol. The molecule has 0 aliphatic carbocycles. The molecule has 2 nitrogen and oxygen atoms in total. The van der Waals surface area contributed by atoms with Gasteiger partial charge in [0, 0.05) is 17.8 Å². The fourth-order valence-corrected chi connectivity index (χ4v) is 0.702. The second-order valence-corrected chi connectivity index (χ2v) is 1.95. The van der Waals surface area contributed by atoms with E-state index in [1.54, 1.807) is 0 Å². The first-order valence-corrected chi connectivity index (χ1v) is 2.51. The summed E-state index contributed by atoms with van der Waals surface area (Å²) in [6, 6.07) is 0. The minimum Gasteiger partial charge on any atom is -1.00 e. The summed E-state index contributed by atoms with van der Waals surface area (Å²) in [4.78, 5) is 4.05. The summed E-state index contributed by atoms with van der Waals surface area (Å²) in [5.74, 6) is 0.569. The van der Waals surface area contributed by atoms with Gasteiger partial charge in [-0.2, -0.15) is 0 Å². The van der Waals surface area contributed by atoms with Crippen molar-refractivity contribution in [1.29, 1.82) is 0 Å². The molecule has 1 aliphatic heterocycles. The van der Waals surface area contributed by atoms with Crippen molar-refractivity contribution in [1.82, 2.24) is 6.15 Å². The summed E-state index contributed by atoms with van der Waals surface area (Å²) >= 11 is 0. The number of allylic oxidation sites excluding steroid dienone is 2. The van der Waals surface area contributed by atoms with Crippen molar-refractivity contribution >= 4 is 6.21 Å². The Kier molecular flexibility index (Phi) is 21.8. The third kappa shape index (κ3) is 8.55. The first kappa shape index (κ1) is 22.6. The average molecular weight is 378 g/mol. The summed E-state index contributed by atoms with van der Waals surface area (Å²) in [5, 5.41) is 0. The van der Waals surface area contributed by atoms with E-state index in [0.29, 0.717) is 5.92 Å². The first-order chi connectivity index (χ1) is 3.29. The van der Waals surface area contributed by atoms with Crippen molar-refractivity contribution in [3.8, 4) is 0 Å². The van der Waals surface area contributed by atoms with Crippen LogP contribution in [0.4, 0.5) is 0 Å². The molecule has 0 saturated heterocycles. The van der Waals surface area contributed by atoms with Crippen LogP contribution >= 0.6 is 0 Å². The van der Waals surface area contributed by atoms with Crippen molar-refractivity contribution < 1.29 is 45.9 Å². The van der Waals surface area contributed by atoms with E-state index in [1.165, 1.54) is 0 Å². The van der Waals surface area contributed by atoms with Gasteiger partial charge in [-0.3, -0.25) is 4.99 Å². The minimum absolute atomic E-state index is 0. The number of hydrogen-bond acceptors (Lipinski definition) is 2. The molecule has 1 atom stereocenters. The van der Waals surface area contributed by atoms with E-state index in [-0.39, 0.29) is 52.0 Å². The minimum atomic E-state index is 0. The number of halogens is 2. The third-order valence-corrected chi connectivity index (χ3v) is 1.02. The summed E-state index contributed by atoms with van der Waals surface area (Å²) in [5.41, 5.74) is 1.15. The van der Waals surface area contributed by atoms with Gasteiger partial charge in [-0.25, -0.2) is 0 Å². The smallest absolute Gasteiger partial charge is 1.00 e. The van der Waals surface area contributed by atoms with Crippen molar-refractivity contribution in [3.63, 3.8) is 0 Å².